The molecule has 1 atom stereocenters. The van der Waals surface area contributed by atoms with Gasteiger partial charge in [0.25, 0.3) is 5.91 Å². The number of primary amides is 1. The van der Waals surface area contributed by atoms with Crippen molar-refractivity contribution in [3.8, 4) is 0 Å². The van der Waals surface area contributed by atoms with Gasteiger partial charge >= 0.3 is 0 Å². The maximum atomic E-state index is 12.8. The fraction of sp³-hybridized carbons (Fsp3) is 0.471. The van der Waals surface area contributed by atoms with E-state index in [1.54, 1.807) is 11.8 Å². The molecule has 2 fully saturated rings. The average molecular weight is 414 g/mol. The van der Waals surface area contributed by atoms with E-state index in [0.29, 0.717) is 25.9 Å². The van der Waals surface area contributed by atoms with E-state index in [1.807, 2.05) is 0 Å². The van der Waals surface area contributed by atoms with E-state index in [0.717, 1.165) is 4.31 Å². The summed E-state index contributed by atoms with van der Waals surface area (Å²) < 4.78 is 25.3. The Morgan fingerprint density at radius 3 is 2.37 bits per heavy atom. The largest absolute Gasteiger partial charge is 0.369 e. The molecule has 0 radical (unpaired) electrons. The van der Waals surface area contributed by atoms with Crippen molar-refractivity contribution in [2.75, 3.05) is 23.1 Å². The van der Waals surface area contributed by atoms with Crippen LogP contribution in [0.5, 0.6) is 0 Å². The molecule has 8 nitrogen and oxygen atoms in total. The van der Waals surface area contributed by atoms with Crippen LogP contribution in [-0.2, 0) is 19.6 Å². The van der Waals surface area contributed by atoms with Crippen LogP contribution < -0.4 is 10.0 Å². The van der Waals surface area contributed by atoms with Gasteiger partial charge in [-0.25, -0.2) is 12.7 Å². The second-order valence-corrected chi connectivity index (χ2v) is 9.18. The van der Waals surface area contributed by atoms with E-state index in [-0.39, 0.29) is 39.8 Å². The van der Waals surface area contributed by atoms with Gasteiger partial charge in [0.2, 0.25) is 21.8 Å². The lowest BCUT2D eigenvalue weighted by molar-refractivity contribution is -0.123. The third kappa shape index (κ3) is 3.66. The second-order valence-electron chi connectivity index (χ2n) is 6.92. The summed E-state index contributed by atoms with van der Waals surface area (Å²) in [6.07, 6.45) is 0.934. The van der Waals surface area contributed by atoms with Crippen LogP contribution in [0.3, 0.4) is 0 Å². The Morgan fingerprint density at radius 1 is 1.22 bits per heavy atom. The van der Waals surface area contributed by atoms with Crippen LogP contribution in [0.4, 0.5) is 5.69 Å². The Bertz CT molecular complexity index is 909. The van der Waals surface area contributed by atoms with Gasteiger partial charge in [0.05, 0.1) is 27.9 Å². The third-order valence-corrected chi connectivity index (χ3v) is 7.16. The molecule has 0 aliphatic carbocycles. The van der Waals surface area contributed by atoms with Crippen LogP contribution in [0.1, 0.15) is 30.1 Å². The van der Waals surface area contributed by atoms with Crippen molar-refractivity contribution in [3.05, 3.63) is 28.8 Å². The Balaban J connectivity index is 1.87. The van der Waals surface area contributed by atoms with Gasteiger partial charge in [-0.1, -0.05) is 18.5 Å². The number of hydrogen-bond donors (Lipinski definition) is 1. The maximum Gasteiger partial charge on any atom is 0.255 e. The number of sulfonamides is 1. The zero-order chi connectivity index (χ0) is 19.9. The lowest BCUT2D eigenvalue weighted by atomic mass is 9.96. The van der Waals surface area contributed by atoms with E-state index in [1.165, 1.54) is 18.2 Å². The van der Waals surface area contributed by atoms with Crippen LogP contribution in [-0.4, -0.2) is 49.9 Å². The number of anilines is 1. The summed E-state index contributed by atoms with van der Waals surface area (Å²) in [6.45, 7) is 2.25. The van der Waals surface area contributed by atoms with E-state index in [9.17, 15) is 22.8 Å². The molecule has 3 rings (SSSR count). The molecule has 0 spiro atoms. The molecule has 10 heteroatoms. The number of nitrogens with zero attached hydrogens (tertiary/aromatic N) is 2. The molecular formula is C17H20ClN3O5S. The molecule has 0 aromatic heterocycles. The molecule has 2 aliphatic heterocycles. The van der Waals surface area contributed by atoms with Crippen LogP contribution in [0.15, 0.2) is 18.2 Å². The molecule has 0 saturated carbocycles. The minimum atomic E-state index is -3.77. The number of nitrogens with two attached hydrogens (primary N) is 1. The highest BCUT2D eigenvalue weighted by molar-refractivity contribution is 7.94. The fourth-order valence-electron chi connectivity index (χ4n) is 3.43. The zero-order valence-electron chi connectivity index (χ0n) is 14.7. The Morgan fingerprint density at radius 2 is 1.85 bits per heavy atom. The van der Waals surface area contributed by atoms with Gasteiger partial charge in [-0.2, -0.15) is 0 Å². The summed E-state index contributed by atoms with van der Waals surface area (Å²) in [4.78, 5) is 37.9. The summed E-state index contributed by atoms with van der Waals surface area (Å²) in [6, 6.07) is 4.15. The first kappa shape index (κ1) is 19.6. The van der Waals surface area contributed by atoms with Gasteiger partial charge in [0.1, 0.15) is 0 Å². The number of hydrogen-bond acceptors (Lipinski definition) is 5. The first-order valence-electron chi connectivity index (χ1n) is 8.57. The number of rotatable bonds is 3. The Hall–Kier alpha value is -2.13. The van der Waals surface area contributed by atoms with Crippen molar-refractivity contribution < 1.29 is 22.8 Å². The second kappa shape index (κ2) is 7.12. The molecule has 0 bridgehead atoms. The van der Waals surface area contributed by atoms with Crippen molar-refractivity contribution in [2.45, 2.75) is 19.8 Å². The van der Waals surface area contributed by atoms with E-state index < -0.39 is 21.8 Å². The molecule has 1 aromatic carbocycles. The van der Waals surface area contributed by atoms with Crippen molar-refractivity contribution in [1.29, 1.82) is 0 Å². The standard InChI is InChI=1S/C17H20ClN3O5S/c1-10-9-27(25,26)21(16(10)23)12-2-3-14(18)13(8-12)17(24)20-6-4-11(5-7-20)15(19)22/h2-3,8,10-11H,4-7,9H2,1H3,(H2,19,22). The van der Waals surface area contributed by atoms with E-state index in [4.69, 9.17) is 17.3 Å². The highest BCUT2D eigenvalue weighted by atomic mass is 35.5. The number of carbonyl (C=O) groups is 3. The predicted molar refractivity (Wildman–Crippen MR) is 99.7 cm³/mol. The van der Waals surface area contributed by atoms with Crippen molar-refractivity contribution >= 4 is 45.0 Å². The van der Waals surface area contributed by atoms with Crippen molar-refractivity contribution in [2.24, 2.45) is 17.6 Å². The zero-order valence-corrected chi connectivity index (χ0v) is 16.3. The summed E-state index contributed by atoms with van der Waals surface area (Å²) in [7, 11) is -3.77. The monoisotopic (exact) mass is 413 g/mol. The topological polar surface area (TPSA) is 118 Å². The molecule has 2 N–H and O–H groups in total. The minimum Gasteiger partial charge on any atom is -0.369 e. The summed E-state index contributed by atoms with van der Waals surface area (Å²) in [5, 5.41) is 0.165. The first-order chi connectivity index (χ1) is 12.6. The molecular weight excluding hydrogens is 394 g/mol. The third-order valence-electron chi connectivity index (χ3n) is 4.96. The van der Waals surface area contributed by atoms with Crippen LogP contribution >= 0.6 is 11.6 Å². The lowest BCUT2D eigenvalue weighted by Crippen LogP contribution is -2.41. The van der Waals surface area contributed by atoms with Gasteiger partial charge in [-0.15, -0.1) is 0 Å². The van der Waals surface area contributed by atoms with Gasteiger partial charge < -0.3 is 10.6 Å². The Labute approximate surface area is 162 Å². The van der Waals surface area contributed by atoms with Crippen LogP contribution in [0.2, 0.25) is 5.02 Å². The SMILES string of the molecule is CC1CS(=O)(=O)N(c2ccc(Cl)c(C(=O)N3CCC(C(N)=O)CC3)c2)C1=O. The number of piperidine rings is 1. The number of benzene rings is 1. The smallest absolute Gasteiger partial charge is 0.255 e. The van der Waals surface area contributed by atoms with Gasteiger partial charge in [-0.3, -0.25) is 14.4 Å². The average Bonchev–Trinajstić information content (AvgIpc) is 2.82. The van der Waals surface area contributed by atoms with Gasteiger partial charge in [0, 0.05) is 19.0 Å². The number of amides is 3. The highest BCUT2D eigenvalue weighted by Crippen LogP contribution is 2.32. The molecule has 1 aromatic rings. The maximum absolute atomic E-state index is 12.8. The molecule has 27 heavy (non-hydrogen) atoms. The van der Waals surface area contributed by atoms with Crippen LogP contribution in [0.25, 0.3) is 0 Å². The van der Waals surface area contributed by atoms with Crippen LogP contribution in [0, 0.1) is 11.8 Å². The summed E-state index contributed by atoms with van der Waals surface area (Å²) in [5.74, 6) is -2.45. The minimum absolute atomic E-state index is 0.101. The van der Waals surface area contributed by atoms with E-state index >= 15 is 0 Å². The van der Waals surface area contributed by atoms with Crippen molar-refractivity contribution in [1.82, 2.24) is 4.90 Å². The number of likely N-dealkylation sites (tertiary alicyclic amines) is 1. The number of carbonyl (C=O) groups excluding carboxylic acids is 3. The summed E-state index contributed by atoms with van der Waals surface area (Å²) >= 11 is 6.16. The highest BCUT2D eigenvalue weighted by Gasteiger charge is 2.42. The molecule has 2 saturated heterocycles. The normalized spacial score (nSPS) is 22.9. The molecule has 2 heterocycles. The molecule has 2 aliphatic rings. The molecule has 1 unspecified atom stereocenters. The lowest BCUT2D eigenvalue weighted by Gasteiger charge is -2.31. The predicted octanol–water partition coefficient (Wildman–Crippen LogP) is 0.990. The number of halogens is 1. The van der Waals surface area contributed by atoms with Gasteiger partial charge in [-0.05, 0) is 31.0 Å². The molecule has 3 amide bonds. The fourth-order valence-corrected chi connectivity index (χ4v) is 5.44. The van der Waals surface area contributed by atoms with Crippen molar-refractivity contribution in [3.63, 3.8) is 0 Å². The Kier molecular flexibility index (Phi) is 5.18. The first-order valence-corrected chi connectivity index (χ1v) is 10.6. The molecule has 146 valence electrons. The van der Waals surface area contributed by atoms with Gasteiger partial charge in [0.15, 0.2) is 0 Å². The quantitative estimate of drug-likeness (QED) is 0.792. The van der Waals surface area contributed by atoms with E-state index in [2.05, 4.69) is 0 Å². The summed E-state index contributed by atoms with van der Waals surface area (Å²) in [5.41, 5.74) is 5.53.